The van der Waals surface area contributed by atoms with Crippen LogP contribution in [-0.2, 0) is 14.3 Å². The highest BCUT2D eigenvalue weighted by molar-refractivity contribution is 5.95. The summed E-state index contributed by atoms with van der Waals surface area (Å²) >= 11 is 0. The molecule has 1 aliphatic rings. The Balaban J connectivity index is 2.77. The Morgan fingerprint density at radius 3 is 2.33 bits per heavy atom. The van der Waals surface area contributed by atoms with Gasteiger partial charge in [-0.05, 0) is 27.2 Å². The first kappa shape index (κ1) is 11.5. The van der Waals surface area contributed by atoms with Crippen LogP contribution in [0.15, 0.2) is 0 Å². The molecule has 1 aliphatic carbocycles. The minimum Gasteiger partial charge on any atom is -0.459 e. The van der Waals surface area contributed by atoms with E-state index in [-0.39, 0.29) is 6.42 Å². The van der Waals surface area contributed by atoms with E-state index in [0.29, 0.717) is 0 Å². The number of ether oxygens (including phenoxy) is 1. The van der Waals surface area contributed by atoms with Crippen LogP contribution in [0.5, 0.6) is 0 Å². The van der Waals surface area contributed by atoms with Gasteiger partial charge in [0.25, 0.3) is 0 Å². The lowest BCUT2D eigenvalue weighted by Crippen LogP contribution is -2.32. The molecule has 1 fully saturated rings. The third-order valence-corrected chi connectivity index (χ3v) is 2.27. The molecule has 1 rings (SSSR count). The van der Waals surface area contributed by atoms with Gasteiger partial charge in [0.15, 0.2) is 5.41 Å². The van der Waals surface area contributed by atoms with Crippen LogP contribution >= 0.6 is 0 Å². The Morgan fingerprint density at radius 1 is 1.53 bits per heavy atom. The molecule has 5 nitrogen and oxygen atoms in total. The number of carbonyl (C=O) groups is 2. The summed E-state index contributed by atoms with van der Waals surface area (Å²) in [4.78, 5) is 22.5. The number of esters is 1. The number of rotatable bonds is 2. The minimum absolute atomic E-state index is 0.174. The van der Waals surface area contributed by atoms with Crippen LogP contribution in [0, 0.1) is 22.7 Å². The normalized spacial score (nSPS) is 29.1. The van der Waals surface area contributed by atoms with Gasteiger partial charge in [0.05, 0.1) is 12.0 Å². The van der Waals surface area contributed by atoms with Gasteiger partial charge in [-0.3, -0.25) is 9.59 Å². The molecule has 0 aromatic rings. The summed E-state index contributed by atoms with van der Waals surface area (Å²) in [6.07, 6.45) is 0.174. The maximum Gasteiger partial charge on any atom is 0.327 e. The van der Waals surface area contributed by atoms with Crippen LogP contribution in [0.25, 0.3) is 0 Å². The quantitative estimate of drug-likeness (QED) is 0.665. The van der Waals surface area contributed by atoms with Crippen LogP contribution in [0.1, 0.15) is 27.2 Å². The van der Waals surface area contributed by atoms with Crippen LogP contribution < -0.4 is 5.73 Å². The minimum atomic E-state index is -1.33. The van der Waals surface area contributed by atoms with Crippen LogP contribution in [0.3, 0.4) is 0 Å². The first-order chi connectivity index (χ1) is 6.73. The fourth-order valence-corrected chi connectivity index (χ4v) is 1.37. The van der Waals surface area contributed by atoms with Gasteiger partial charge in [0.2, 0.25) is 5.91 Å². The highest BCUT2D eigenvalue weighted by Crippen LogP contribution is 2.53. The summed E-state index contributed by atoms with van der Waals surface area (Å²) < 4.78 is 5.07. The molecule has 0 aromatic carbocycles. The van der Waals surface area contributed by atoms with E-state index in [0.717, 1.165) is 0 Å². The Kier molecular flexibility index (Phi) is 2.48. The monoisotopic (exact) mass is 210 g/mol. The summed E-state index contributed by atoms with van der Waals surface area (Å²) in [5, 5.41) is 8.88. The van der Waals surface area contributed by atoms with Gasteiger partial charge in [-0.25, -0.2) is 0 Å². The second-order valence-electron chi connectivity index (χ2n) is 4.74. The van der Waals surface area contributed by atoms with Crippen molar-refractivity contribution < 1.29 is 14.3 Å². The van der Waals surface area contributed by atoms with Gasteiger partial charge < -0.3 is 10.5 Å². The van der Waals surface area contributed by atoms with E-state index in [4.69, 9.17) is 15.7 Å². The summed E-state index contributed by atoms with van der Waals surface area (Å²) in [5.41, 5.74) is 3.06. The van der Waals surface area contributed by atoms with Crippen molar-refractivity contribution in [1.29, 1.82) is 5.26 Å². The summed E-state index contributed by atoms with van der Waals surface area (Å²) in [6, 6.07) is 1.83. The number of nitriles is 1. The average molecular weight is 210 g/mol. The number of hydrogen-bond acceptors (Lipinski definition) is 4. The Morgan fingerprint density at radius 2 is 2.07 bits per heavy atom. The smallest absolute Gasteiger partial charge is 0.327 e. The summed E-state index contributed by atoms with van der Waals surface area (Å²) in [6.45, 7) is 5.12. The largest absolute Gasteiger partial charge is 0.459 e. The van der Waals surface area contributed by atoms with E-state index >= 15 is 0 Å². The number of nitrogens with zero attached hydrogens (tertiary/aromatic N) is 1. The highest BCUT2D eigenvalue weighted by atomic mass is 16.6. The third kappa shape index (κ3) is 2.09. The molecule has 0 unspecified atom stereocenters. The molecule has 0 saturated heterocycles. The van der Waals surface area contributed by atoms with Crippen LogP contribution in [0.4, 0.5) is 0 Å². The number of hydrogen-bond donors (Lipinski definition) is 1. The van der Waals surface area contributed by atoms with Crippen molar-refractivity contribution in [3.63, 3.8) is 0 Å². The van der Waals surface area contributed by atoms with Gasteiger partial charge in [-0.2, -0.15) is 5.26 Å². The fraction of sp³-hybridized carbons (Fsp3) is 0.700. The van der Waals surface area contributed by atoms with Crippen LogP contribution in [-0.4, -0.2) is 17.5 Å². The molecule has 2 atom stereocenters. The second kappa shape index (κ2) is 3.23. The average Bonchev–Trinajstić information content (AvgIpc) is 2.76. The molecule has 5 heteroatoms. The van der Waals surface area contributed by atoms with Gasteiger partial charge >= 0.3 is 5.97 Å². The van der Waals surface area contributed by atoms with Crippen molar-refractivity contribution in [3.05, 3.63) is 0 Å². The molecule has 0 aromatic heterocycles. The number of amides is 1. The molecule has 2 N–H and O–H groups in total. The van der Waals surface area contributed by atoms with E-state index in [2.05, 4.69) is 0 Å². The Bertz CT molecular complexity index is 351. The maximum absolute atomic E-state index is 11.6. The molecule has 0 aliphatic heterocycles. The number of carbonyl (C=O) groups excluding carboxylic acids is 2. The number of nitrogens with two attached hydrogens (primary N) is 1. The zero-order chi connectivity index (χ0) is 11.9. The molecule has 0 radical (unpaired) electrons. The first-order valence-corrected chi connectivity index (χ1v) is 4.67. The number of primary amides is 1. The lowest BCUT2D eigenvalue weighted by molar-refractivity contribution is -0.160. The zero-order valence-corrected chi connectivity index (χ0v) is 9.03. The van der Waals surface area contributed by atoms with Crippen molar-refractivity contribution in [2.45, 2.75) is 32.8 Å². The standard InChI is InChI=1S/C10H14N2O3/c1-9(2,3)15-8(14)10(5-11)4-6(10)7(12)13/h6H,4H2,1-3H3,(H2,12,13)/t6-,10+/m1/s1. The third-order valence-electron chi connectivity index (χ3n) is 2.27. The molecule has 0 bridgehead atoms. The molecule has 0 heterocycles. The predicted octanol–water partition coefficient (Wildman–Crippen LogP) is 0.343. The van der Waals surface area contributed by atoms with Crippen molar-refractivity contribution in [3.8, 4) is 6.07 Å². The highest BCUT2D eigenvalue weighted by Gasteiger charge is 2.66. The van der Waals surface area contributed by atoms with Crippen molar-refractivity contribution >= 4 is 11.9 Å². The fourth-order valence-electron chi connectivity index (χ4n) is 1.37. The Labute approximate surface area is 88.2 Å². The molecule has 1 saturated carbocycles. The van der Waals surface area contributed by atoms with E-state index in [1.54, 1.807) is 20.8 Å². The van der Waals surface area contributed by atoms with Gasteiger partial charge in [0.1, 0.15) is 5.60 Å². The molecule has 15 heavy (non-hydrogen) atoms. The second-order valence-corrected chi connectivity index (χ2v) is 4.74. The SMILES string of the molecule is CC(C)(C)OC(=O)[C@]1(C#N)C[C@@H]1C(N)=O. The lowest BCUT2D eigenvalue weighted by Gasteiger charge is -2.21. The van der Waals surface area contributed by atoms with Crippen LogP contribution in [0.2, 0.25) is 0 Å². The van der Waals surface area contributed by atoms with Crippen molar-refractivity contribution in [2.24, 2.45) is 17.1 Å². The zero-order valence-electron chi connectivity index (χ0n) is 9.03. The molecular weight excluding hydrogens is 196 g/mol. The van der Waals surface area contributed by atoms with E-state index in [1.165, 1.54) is 0 Å². The molecule has 82 valence electrons. The van der Waals surface area contributed by atoms with Gasteiger partial charge in [0, 0.05) is 0 Å². The maximum atomic E-state index is 11.6. The van der Waals surface area contributed by atoms with Gasteiger partial charge in [-0.1, -0.05) is 0 Å². The summed E-state index contributed by atoms with van der Waals surface area (Å²) in [7, 11) is 0. The van der Waals surface area contributed by atoms with E-state index in [1.807, 2.05) is 6.07 Å². The Hall–Kier alpha value is -1.57. The van der Waals surface area contributed by atoms with Crippen molar-refractivity contribution in [2.75, 3.05) is 0 Å². The predicted molar refractivity (Wildman–Crippen MR) is 51.2 cm³/mol. The van der Waals surface area contributed by atoms with E-state index in [9.17, 15) is 9.59 Å². The van der Waals surface area contributed by atoms with Gasteiger partial charge in [-0.15, -0.1) is 0 Å². The lowest BCUT2D eigenvalue weighted by atomic mass is 10.1. The molecule has 1 amide bonds. The molecular formula is C10H14N2O3. The van der Waals surface area contributed by atoms with Crippen molar-refractivity contribution in [1.82, 2.24) is 0 Å². The molecule has 0 spiro atoms. The first-order valence-electron chi connectivity index (χ1n) is 4.67. The topological polar surface area (TPSA) is 93.2 Å². The van der Waals surface area contributed by atoms with E-state index < -0.39 is 28.8 Å². The summed E-state index contributed by atoms with van der Waals surface area (Å²) in [5.74, 6) is -1.97.